The molecule has 1 fully saturated rings. The lowest BCUT2D eigenvalue weighted by molar-refractivity contribution is 0.0557. The Morgan fingerprint density at radius 1 is 1.24 bits per heavy atom. The van der Waals surface area contributed by atoms with Crippen molar-refractivity contribution in [3.8, 4) is 0 Å². The van der Waals surface area contributed by atoms with Gasteiger partial charge in [-0.3, -0.25) is 4.79 Å². The van der Waals surface area contributed by atoms with Crippen LogP contribution in [0.5, 0.6) is 0 Å². The molecule has 1 N–H and O–H groups in total. The highest BCUT2D eigenvalue weighted by Gasteiger charge is 2.33. The summed E-state index contributed by atoms with van der Waals surface area (Å²) in [4.78, 5) is 14.7. The third-order valence-corrected chi connectivity index (χ3v) is 5.67. The van der Waals surface area contributed by atoms with E-state index in [-0.39, 0.29) is 5.91 Å². The van der Waals surface area contributed by atoms with Crippen LogP contribution >= 0.6 is 0 Å². The number of benzene rings is 1. The van der Waals surface area contributed by atoms with E-state index in [1.165, 1.54) is 24.1 Å². The van der Waals surface area contributed by atoms with Gasteiger partial charge in [0.1, 0.15) is 0 Å². The number of fused-ring (bicyclic) bond motifs is 1. The van der Waals surface area contributed by atoms with Crippen LogP contribution in [0, 0.1) is 5.41 Å². The highest BCUT2D eigenvalue weighted by atomic mass is 16.2. The number of rotatable bonds is 3. The normalized spacial score (nSPS) is 20.0. The number of carbonyl (C=O) groups is 1. The molecule has 2 heterocycles. The van der Waals surface area contributed by atoms with E-state index in [0.29, 0.717) is 5.41 Å². The minimum Gasteiger partial charge on any atom is -0.384 e. The molecular formula is C18H26N2O. The van der Waals surface area contributed by atoms with Crippen LogP contribution in [0.3, 0.4) is 0 Å². The second kappa shape index (κ2) is 5.70. The third-order valence-electron chi connectivity index (χ3n) is 5.67. The zero-order valence-electron chi connectivity index (χ0n) is 13.2. The number of anilines is 1. The van der Waals surface area contributed by atoms with Gasteiger partial charge in [0.2, 0.25) is 0 Å². The summed E-state index contributed by atoms with van der Waals surface area (Å²) < 4.78 is 0. The fourth-order valence-corrected chi connectivity index (χ4v) is 3.76. The number of hydrogen-bond donors (Lipinski definition) is 1. The summed E-state index contributed by atoms with van der Waals surface area (Å²) in [6.07, 6.45) is 5.80. The van der Waals surface area contributed by atoms with E-state index in [0.717, 1.165) is 44.5 Å². The van der Waals surface area contributed by atoms with Crippen LogP contribution in [0.1, 0.15) is 55.5 Å². The molecule has 0 unspecified atom stereocenters. The van der Waals surface area contributed by atoms with Crippen molar-refractivity contribution in [3.05, 3.63) is 29.3 Å². The Bertz CT molecular complexity index is 524. The van der Waals surface area contributed by atoms with Gasteiger partial charge in [-0.15, -0.1) is 0 Å². The first-order valence-electron chi connectivity index (χ1n) is 8.33. The van der Waals surface area contributed by atoms with Crippen LogP contribution in [0.2, 0.25) is 0 Å². The highest BCUT2D eigenvalue weighted by Crippen LogP contribution is 2.38. The van der Waals surface area contributed by atoms with Crippen LogP contribution in [-0.2, 0) is 6.42 Å². The molecule has 0 spiro atoms. The Kier molecular flexibility index (Phi) is 3.92. The van der Waals surface area contributed by atoms with Gasteiger partial charge in [0.15, 0.2) is 0 Å². The van der Waals surface area contributed by atoms with Gasteiger partial charge in [0.25, 0.3) is 5.91 Å². The maximum atomic E-state index is 12.7. The fourth-order valence-electron chi connectivity index (χ4n) is 3.76. The molecule has 1 saturated heterocycles. The third kappa shape index (κ3) is 2.66. The Hall–Kier alpha value is -1.51. The quantitative estimate of drug-likeness (QED) is 0.919. The van der Waals surface area contributed by atoms with Crippen LogP contribution < -0.4 is 5.32 Å². The summed E-state index contributed by atoms with van der Waals surface area (Å²) in [6, 6.07) is 6.11. The van der Waals surface area contributed by atoms with E-state index < -0.39 is 0 Å². The average Bonchev–Trinajstić information content (AvgIpc) is 3.02. The first-order valence-corrected chi connectivity index (χ1v) is 8.33. The maximum Gasteiger partial charge on any atom is 0.253 e. The van der Waals surface area contributed by atoms with Crippen LogP contribution in [-0.4, -0.2) is 30.4 Å². The van der Waals surface area contributed by atoms with Gasteiger partial charge >= 0.3 is 0 Å². The summed E-state index contributed by atoms with van der Waals surface area (Å²) in [7, 11) is 0. The lowest BCUT2D eigenvalue weighted by Gasteiger charge is -2.41. The Morgan fingerprint density at radius 2 is 1.95 bits per heavy atom. The van der Waals surface area contributed by atoms with Crippen molar-refractivity contribution in [2.75, 3.05) is 25.0 Å². The summed E-state index contributed by atoms with van der Waals surface area (Å²) in [5, 5.41) is 3.35. The van der Waals surface area contributed by atoms with Gasteiger partial charge in [-0.25, -0.2) is 0 Å². The van der Waals surface area contributed by atoms with Crippen molar-refractivity contribution in [1.82, 2.24) is 4.90 Å². The molecule has 1 aromatic carbocycles. The Labute approximate surface area is 127 Å². The molecule has 2 aliphatic rings. The molecule has 0 aromatic heterocycles. The number of hydrogen-bond acceptors (Lipinski definition) is 2. The lowest BCUT2D eigenvalue weighted by Crippen LogP contribution is -2.42. The van der Waals surface area contributed by atoms with Crippen LogP contribution in [0.4, 0.5) is 5.69 Å². The predicted octanol–water partition coefficient (Wildman–Crippen LogP) is 3.70. The van der Waals surface area contributed by atoms with Crippen LogP contribution in [0.25, 0.3) is 0 Å². The van der Waals surface area contributed by atoms with Crippen molar-refractivity contribution in [3.63, 3.8) is 0 Å². The zero-order chi connectivity index (χ0) is 14.9. The predicted molar refractivity (Wildman–Crippen MR) is 86.8 cm³/mol. The largest absolute Gasteiger partial charge is 0.384 e. The van der Waals surface area contributed by atoms with Gasteiger partial charge in [-0.2, -0.15) is 0 Å². The molecule has 0 saturated carbocycles. The SMILES string of the molecule is CCC1(CC)CCN(C(=O)c2ccc3c(c2)CCN3)CC1. The molecule has 2 aliphatic heterocycles. The van der Waals surface area contributed by atoms with Crippen molar-refractivity contribution >= 4 is 11.6 Å². The second-order valence-electron chi connectivity index (χ2n) is 6.55. The highest BCUT2D eigenvalue weighted by molar-refractivity contribution is 5.95. The lowest BCUT2D eigenvalue weighted by atomic mass is 9.74. The molecular weight excluding hydrogens is 260 g/mol. The van der Waals surface area contributed by atoms with Crippen molar-refractivity contribution in [1.29, 1.82) is 0 Å². The molecule has 114 valence electrons. The molecule has 0 atom stereocenters. The van der Waals surface area contributed by atoms with Crippen molar-refractivity contribution in [2.24, 2.45) is 5.41 Å². The molecule has 0 aliphatic carbocycles. The Morgan fingerprint density at radius 3 is 2.62 bits per heavy atom. The number of carbonyl (C=O) groups excluding carboxylic acids is 1. The number of amides is 1. The summed E-state index contributed by atoms with van der Waals surface area (Å²) in [5.41, 5.74) is 3.81. The molecule has 3 rings (SSSR count). The molecule has 3 heteroatoms. The standard InChI is InChI=1S/C18H26N2O/c1-3-18(4-2)8-11-20(12-9-18)17(21)15-5-6-16-14(13-15)7-10-19-16/h5-6,13,19H,3-4,7-12H2,1-2H3. The van der Waals surface area contributed by atoms with Gasteiger partial charge in [-0.05, 0) is 48.4 Å². The van der Waals surface area contributed by atoms with Crippen LogP contribution in [0.15, 0.2) is 18.2 Å². The van der Waals surface area contributed by atoms with Crippen molar-refractivity contribution in [2.45, 2.75) is 46.0 Å². The smallest absolute Gasteiger partial charge is 0.253 e. The number of piperidine rings is 1. The van der Waals surface area contributed by atoms with E-state index in [1.807, 2.05) is 11.0 Å². The van der Waals surface area contributed by atoms with E-state index in [4.69, 9.17) is 0 Å². The topological polar surface area (TPSA) is 32.3 Å². The number of likely N-dealkylation sites (tertiary alicyclic amines) is 1. The molecule has 21 heavy (non-hydrogen) atoms. The summed E-state index contributed by atoms with van der Waals surface area (Å²) >= 11 is 0. The molecule has 1 amide bonds. The minimum atomic E-state index is 0.213. The minimum absolute atomic E-state index is 0.213. The average molecular weight is 286 g/mol. The van der Waals surface area contributed by atoms with E-state index in [9.17, 15) is 4.79 Å². The first kappa shape index (κ1) is 14.4. The Balaban J connectivity index is 1.69. The molecule has 0 radical (unpaired) electrons. The van der Waals surface area contributed by atoms with Gasteiger partial charge in [-0.1, -0.05) is 26.7 Å². The number of nitrogens with one attached hydrogen (secondary N) is 1. The maximum absolute atomic E-state index is 12.7. The monoisotopic (exact) mass is 286 g/mol. The van der Waals surface area contributed by atoms with E-state index >= 15 is 0 Å². The molecule has 1 aromatic rings. The molecule has 0 bridgehead atoms. The molecule has 3 nitrogen and oxygen atoms in total. The van der Waals surface area contributed by atoms with Gasteiger partial charge in [0.05, 0.1) is 0 Å². The van der Waals surface area contributed by atoms with Crippen molar-refractivity contribution < 1.29 is 4.79 Å². The summed E-state index contributed by atoms with van der Waals surface area (Å²) in [6.45, 7) is 7.39. The van der Waals surface area contributed by atoms with Gasteiger partial charge in [0, 0.05) is 30.9 Å². The van der Waals surface area contributed by atoms with E-state index in [1.54, 1.807) is 0 Å². The van der Waals surface area contributed by atoms with E-state index in [2.05, 4.69) is 31.3 Å². The fraction of sp³-hybridized carbons (Fsp3) is 0.611. The zero-order valence-corrected chi connectivity index (χ0v) is 13.2. The first-order chi connectivity index (χ1) is 10.2. The number of nitrogens with zero attached hydrogens (tertiary/aromatic N) is 1. The van der Waals surface area contributed by atoms with Gasteiger partial charge < -0.3 is 10.2 Å². The second-order valence-corrected chi connectivity index (χ2v) is 6.55. The summed E-state index contributed by atoms with van der Waals surface area (Å²) in [5.74, 6) is 0.213.